The van der Waals surface area contributed by atoms with Gasteiger partial charge in [0.2, 0.25) is 5.95 Å². The third-order valence-electron chi connectivity index (χ3n) is 7.55. The van der Waals surface area contributed by atoms with E-state index in [2.05, 4.69) is 60.1 Å². The normalized spacial score (nSPS) is 16.5. The van der Waals surface area contributed by atoms with Crippen LogP contribution < -0.4 is 4.90 Å². The number of hydrogen-bond acceptors (Lipinski definition) is 5. The molecule has 33 heavy (non-hydrogen) atoms. The van der Waals surface area contributed by atoms with Crippen LogP contribution in [0.5, 0.6) is 0 Å². The number of para-hydroxylation sites is 1. The number of fused-ring (bicyclic) bond motifs is 3. The van der Waals surface area contributed by atoms with Gasteiger partial charge in [0.25, 0.3) is 0 Å². The first-order chi connectivity index (χ1) is 16.1. The molecule has 0 bridgehead atoms. The Kier molecular flexibility index (Phi) is 6.19. The van der Waals surface area contributed by atoms with Crippen LogP contribution in [0.2, 0.25) is 0 Å². The molecule has 1 aliphatic heterocycles. The van der Waals surface area contributed by atoms with E-state index in [1.54, 1.807) is 0 Å². The lowest BCUT2D eigenvalue weighted by Gasteiger charge is -2.40. The summed E-state index contributed by atoms with van der Waals surface area (Å²) in [6.07, 6.45) is 10.3. The number of likely N-dealkylation sites (tertiary alicyclic amines) is 1. The molecule has 0 radical (unpaired) electrons. The summed E-state index contributed by atoms with van der Waals surface area (Å²) in [5, 5.41) is 4.53. The van der Waals surface area contributed by atoms with Crippen LogP contribution in [0.25, 0.3) is 11.4 Å². The van der Waals surface area contributed by atoms with Crippen molar-refractivity contribution in [3.63, 3.8) is 0 Å². The molecular weight excluding hydrogens is 408 g/mol. The first-order valence-electron chi connectivity index (χ1n) is 12.6. The number of aryl methyl sites for hydroxylation is 5. The van der Waals surface area contributed by atoms with Gasteiger partial charge in [-0.2, -0.15) is 5.10 Å². The summed E-state index contributed by atoms with van der Waals surface area (Å²) < 4.78 is 1.98. The fourth-order valence-corrected chi connectivity index (χ4v) is 5.61. The van der Waals surface area contributed by atoms with Gasteiger partial charge in [0.1, 0.15) is 0 Å². The number of nitrogens with zero attached hydrogens (tertiary/aromatic N) is 6. The molecular formula is C27H36N6. The van der Waals surface area contributed by atoms with Gasteiger partial charge in [0, 0.05) is 32.4 Å². The molecule has 0 atom stereocenters. The number of hydrogen-bond donors (Lipinski definition) is 0. The van der Waals surface area contributed by atoms with Crippen molar-refractivity contribution in [1.29, 1.82) is 0 Å². The zero-order valence-electron chi connectivity index (χ0n) is 20.5. The molecule has 6 nitrogen and oxygen atoms in total. The topological polar surface area (TPSA) is 50.1 Å². The maximum Gasteiger partial charge on any atom is 0.230 e. The molecule has 5 rings (SSSR count). The summed E-state index contributed by atoms with van der Waals surface area (Å²) in [6.45, 7) is 10.2. The highest BCUT2D eigenvalue weighted by Crippen LogP contribution is 2.38. The largest absolute Gasteiger partial charge is 0.307 e. The maximum atomic E-state index is 5.27. The van der Waals surface area contributed by atoms with Crippen LogP contribution in [0.1, 0.15) is 55.9 Å². The lowest BCUT2D eigenvalue weighted by Crippen LogP contribution is -2.44. The highest BCUT2D eigenvalue weighted by Gasteiger charge is 2.31. The molecule has 174 valence electrons. The Morgan fingerprint density at radius 1 is 0.970 bits per heavy atom. The minimum Gasteiger partial charge on any atom is -0.307 e. The fraction of sp³-hybridized carbons (Fsp3) is 0.519. The third-order valence-corrected chi connectivity index (χ3v) is 7.55. The molecule has 1 aromatic carbocycles. The van der Waals surface area contributed by atoms with Gasteiger partial charge in [-0.1, -0.05) is 39.0 Å². The number of aromatic nitrogens is 4. The van der Waals surface area contributed by atoms with Crippen molar-refractivity contribution in [3.05, 3.63) is 52.8 Å². The van der Waals surface area contributed by atoms with Gasteiger partial charge in [-0.15, -0.1) is 0 Å². The summed E-state index contributed by atoms with van der Waals surface area (Å²) in [4.78, 5) is 15.3. The first-order valence-corrected chi connectivity index (χ1v) is 12.6. The molecule has 0 spiro atoms. The molecule has 1 aliphatic carbocycles. The molecule has 0 unspecified atom stereocenters. The van der Waals surface area contributed by atoms with E-state index >= 15 is 0 Å². The molecule has 2 aromatic heterocycles. The molecule has 1 saturated heterocycles. The average molecular weight is 445 g/mol. The maximum absolute atomic E-state index is 5.27. The van der Waals surface area contributed by atoms with Gasteiger partial charge < -0.3 is 9.80 Å². The van der Waals surface area contributed by atoms with Gasteiger partial charge in [-0.3, -0.25) is 4.68 Å². The monoisotopic (exact) mass is 444 g/mol. The Bertz CT molecular complexity index is 1100. The van der Waals surface area contributed by atoms with Crippen molar-refractivity contribution in [1.82, 2.24) is 24.6 Å². The predicted molar refractivity (Wildman–Crippen MR) is 134 cm³/mol. The lowest BCUT2D eigenvalue weighted by molar-refractivity contribution is 0.222. The Hall–Kier alpha value is -2.73. The SMILES string of the molecule is CCc1cccc(CC)c1N(c1ncc2c(n1)-c1c(cnn1C)CC2)C1CCN(CC)CC1. The van der Waals surface area contributed by atoms with Crippen LogP contribution in [0.3, 0.4) is 0 Å². The van der Waals surface area contributed by atoms with Crippen LogP contribution in [0.4, 0.5) is 11.6 Å². The van der Waals surface area contributed by atoms with E-state index in [-0.39, 0.29) is 0 Å². The second kappa shape index (κ2) is 9.26. The van der Waals surface area contributed by atoms with Gasteiger partial charge in [0.05, 0.1) is 23.3 Å². The van der Waals surface area contributed by atoms with Gasteiger partial charge in [-0.25, -0.2) is 9.97 Å². The van der Waals surface area contributed by atoms with E-state index in [4.69, 9.17) is 9.97 Å². The van der Waals surface area contributed by atoms with Crippen LogP contribution in [-0.2, 0) is 32.7 Å². The first kappa shape index (κ1) is 22.1. The summed E-state index contributed by atoms with van der Waals surface area (Å²) in [5.74, 6) is 0.841. The molecule has 3 aromatic rings. The highest BCUT2D eigenvalue weighted by molar-refractivity contribution is 5.71. The predicted octanol–water partition coefficient (Wildman–Crippen LogP) is 4.72. The van der Waals surface area contributed by atoms with E-state index < -0.39 is 0 Å². The van der Waals surface area contributed by atoms with Gasteiger partial charge in [-0.05, 0) is 67.3 Å². The van der Waals surface area contributed by atoms with E-state index in [0.717, 1.165) is 75.5 Å². The summed E-state index contributed by atoms with van der Waals surface area (Å²) in [6, 6.07) is 7.16. The molecule has 1 fully saturated rings. The van der Waals surface area contributed by atoms with Crippen LogP contribution in [-0.4, -0.2) is 50.3 Å². The van der Waals surface area contributed by atoms with Crippen molar-refractivity contribution in [3.8, 4) is 11.4 Å². The Morgan fingerprint density at radius 3 is 2.33 bits per heavy atom. The highest BCUT2D eigenvalue weighted by atomic mass is 15.3. The Balaban J connectivity index is 1.65. The summed E-state index contributed by atoms with van der Waals surface area (Å²) >= 11 is 0. The van der Waals surface area contributed by atoms with Crippen molar-refractivity contribution in [2.75, 3.05) is 24.5 Å². The minimum absolute atomic E-state index is 0.401. The van der Waals surface area contributed by atoms with E-state index in [9.17, 15) is 0 Å². The molecule has 3 heterocycles. The quantitative estimate of drug-likeness (QED) is 0.550. The fourth-order valence-electron chi connectivity index (χ4n) is 5.61. The second-order valence-corrected chi connectivity index (χ2v) is 9.35. The zero-order valence-corrected chi connectivity index (χ0v) is 20.5. The standard InChI is InChI=1S/C27H36N6/c1-5-19-9-8-10-20(6-2)25(19)33(23-13-15-32(7-3)16-14-23)27-28-17-21-11-12-22-18-29-31(4)26(22)24(21)30-27/h8-10,17-18,23H,5-7,11-16H2,1-4H3. The van der Waals surface area contributed by atoms with E-state index in [1.807, 2.05) is 17.9 Å². The van der Waals surface area contributed by atoms with Crippen molar-refractivity contribution < 1.29 is 0 Å². The lowest BCUT2D eigenvalue weighted by atomic mass is 9.95. The van der Waals surface area contributed by atoms with Crippen LogP contribution in [0, 0.1) is 0 Å². The molecule has 6 heteroatoms. The zero-order chi connectivity index (χ0) is 22.9. The number of rotatable bonds is 6. The van der Waals surface area contributed by atoms with Crippen LogP contribution >= 0.6 is 0 Å². The van der Waals surface area contributed by atoms with Gasteiger partial charge >= 0.3 is 0 Å². The van der Waals surface area contributed by atoms with Gasteiger partial charge in [0.15, 0.2) is 0 Å². The minimum atomic E-state index is 0.401. The van der Waals surface area contributed by atoms with E-state index in [0.29, 0.717) is 6.04 Å². The van der Waals surface area contributed by atoms with Crippen molar-refractivity contribution in [2.45, 2.75) is 65.3 Å². The molecule has 0 saturated carbocycles. The Morgan fingerprint density at radius 2 is 1.67 bits per heavy atom. The molecule has 0 amide bonds. The molecule has 2 aliphatic rings. The Labute approximate surface area is 197 Å². The summed E-state index contributed by atoms with van der Waals surface area (Å²) in [5.41, 5.74) is 8.84. The van der Waals surface area contributed by atoms with Crippen molar-refractivity contribution in [2.24, 2.45) is 7.05 Å². The second-order valence-electron chi connectivity index (χ2n) is 9.35. The van der Waals surface area contributed by atoms with E-state index in [1.165, 1.54) is 27.9 Å². The number of benzene rings is 1. The molecule has 0 N–H and O–H groups in total. The van der Waals surface area contributed by atoms with Crippen LogP contribution in [0.15, 0.2) is 30.6 Å². The number of anilines is 2. The van der Waals surface area contributed by atoms with Crippen molar-refractivity contribution >= 4 is 11.6 Å². The summed E-state index contributed by atoms with van der Waals surface area (Å²) in [7, 11) is 2.02. The average Bonchev–Trinajstić information content (AvgIpc) is 3.25. The smallest absolute Gasteiger partial charge is 0.230 e. The third kappa shape index (κ3) is 3.95. The number of piperidine rings is 1.